The predicted molar refractivity (Wildman–Crippen MR) is 130 cm³/mol. The van der Waals surface area contributed by atoms with Gasteiger partial charge in [0.2, 0.25) is 0 Å². The summed E-state index contributed by atoms with van der Waals surface area (Å²) in [5.41, 5.74) is 0.298. The van der Waals surface area contributed by atoms with Gasteiger partial charge in [-0.05, 0) is 36.8 Å². The van der Waals surface area contributed by atoms with Crippen LogP contribution in [0.15, 0.2) is 56.9 Å². The van der Waals surface area contributed by atoms with Crippen LogP contribution in [-0.2, 0) is 21.2 Å². The van der Waals surface area contributed by atoms with Crippen molar-refractivity contribution in [2.75, 3.05) is 16.8 Å². The SMILES string of the molecule is O=C1C(=Cc2c(NCc3ccco3)nc3ccccn3c2=O)SC(=S)N1C1CCS(=O)(=O)C1. The number of rotatable bonds is 5. The summed E-state index contributed by atoms with van der Waals surface area (Å²) in [6.07, 6.45) is 4.97. The van der Waals surface area contributed by atoms with Crippen LogP contribution in [0.5, 0.6) is 0 Å². The minimum absolute atomic E-state index is 0.0323. The average molecular weight is 503 g/mol. The van der Waals surface area contributed by atoms with E-state index in [9.17, 15) is 18.0 Å². The number of furan rings is 1. The lowest BCUT2D eigenvalue weighted by Gasteiger charge is -2.20. The standard InChI is InChI=1S/C21H18N4O5S3/c26-19-15(10-16-20(27)25(21(31)32-16)13-6-9-33(28,29)12-13)18(22-11-14-4-3-8-30-14)23-17-5-1-2-7-24(17)19/h1-5,7-8,10,13,22H,6,9,11-12H2. The Balaban J connectivity index is 1.54. The molecular weight excluding hydrogens is 484 g/mol. The number of aromatic nitrogens is 2. The Bertz CT molecular complexity index is 1460. The van der Waals surface area contributed by atoms with Crippen molar-refractivity contribution < 1.29 is 17.6 Å². The van der Waals surface area contributed by atoms with Crippen molar-refractivity contribution in [1.82, 2.24) is 14.3 Å². The number of pyridine rings is 1. The molecule has 3 aromatic heterocycles. The molecule has 5 rings (SSSR count). The molecule has 2 saturated heterocycles. The first-order valence-electron chi connectivity index (χ1n) is 10.1. The molecule has 1 atom stereocenters. The molecule has 1 N–H and O–H groups in total. The molecule has 12 heteroatoms. The Hall–Kier alpha value is -2.96. The van der Waals surface area contributed by atoms with Crippen LogP contribution in [-0.4, -0.2) is 50.5 Å². The van der Waals surface area contributed by atoms with Crippen molar-refractivity contribution in [3.8, 4) is 0 Å². The van der Waals surface area contributed by atoms with Gasteiger partial charge in [0.1, 0.15) is 21.5 Å². The van der Waals surface area contributed by atoms with Crippen molar-refractivity contribution in [3.05, 3.63) is 69.4 Å². The van der Waals surface area contributed by atoms with Gasteiger partial charge in [-0.15, -0.1) is 0 Å². The highest BCUT2D eigenvalue weighted by Crippen LogP contribution is 2.36. The highest BCUT2D eigenvalue weighted by atomic mass is 32.2. The van der Waals surface area contributed by atoms with Gasteiger partial charge in [0.25, 0.3) is 11.5 Å². The molecule has 0 aromatic carbocycles. The fourth-order valence-electron chi connectivity index (χ4n) is 3.86. The molecule has 9 nitrogen and oxygen atoms in total. The number of hydrogen-bond acceptors (Lipinski definition) is 9. The van der Waals surface area contributed by atoms with Gasteiger partial charge in [-0.25, -0.2) is 13.4 Å². The highest BCUT2D eigenvalue weighted by molar-refractivity contribution is 8.26. The second-order valence-corrected chi connectivity index (χ2v) is 11.6. The second-order valence-electron chi connectivity index (χ2n) is 7.65. The van der Waals surface area contributed by atoms with Gasteiger partial charge in [0, 0.05) is 6.20 Å². The van der Waals surface area contributed by atoms with Crippen LogP contribution in [0.2, 0.25) is 0 Å². The first-order valence-corrected chi connectivity index (χ1v) is 13.1. The fraction of sp³-hybridized carbons (Fsp3) is 0.238. The predicted octanol–water partition coefficient (Wildman–Crippen LogP) is 2.29. The Morgan fingerprint density at radius 2 is 2.12 bits per heavy atom. The molecule has 33 heavy (non-hydrogen) atoms. The maximum atomic E-state index is 13.3. The zero-order valence-corrected chi connectivity index (χ0v) is 19.6. The quantitative estimate of drug-likeness (QED) is 0.415. The molecule has 0 bridgehead atoms. The highest BCUT2D eigenvalue weighted by Gasteiger charge is 2.42. The maximum absolute atomic E-state index is 13.3. The fourth-order valence-corrected chi connectivity index (χ4v) is 6.94. The average Bonchev–Trinajstić information content (AvgIpc) is 3.49. The minimum atomic E-state index is -3.19. The lowest BCUT2D eigenvalue weighted by atomic mass is 10.2. The molecule has 1 amide bonds. The molecule has 5 heterocycles. The topological polar surface area (TPSA) is 114 Å². The molecule has 0 aliphatic carbocycles. The summed E-state index contributed by atoms with van der Waals surface area (Å²) in [6.45, 7) is 0.296. The first-order chi connectivity index (χ1) is 15.8. The number of thiocarbonyl (C=S) groups is 1. The van der Waals surface area contributed by atoms with Gasteiger partial charge in [0.05, 0.1) is 40.8 Å². The Labute approximate surface area is 198 Å². The largest absolute Gasteiger partial charge is 0.467 e. The lowest BCUT2D eigenvalue weighted by molar-refractivity contribution is -0.123. The van der Waals surface area contributed by atoms with Crippen LogP contribution in [0.1, 0.15) is 17.7 Å². The summed E-state index contributed by atoms with van der Waals surface area (Å²) in [6, 6.07) is 8.27. The van der Waals surface area contributed by atoms with Crippen molar-refractivity contribution in [3.63, 3.8) is 0 Å². The minimum Gasteiger partial charge on any atom is -0.467 e. The number of sulfone groups is 1. The summed E-state index contributed by atoms with van der Waals surface area (Å²) < 4.78 is 30.8. The van der Waals surface area contributed by atoms with E-state index in [0.29, 0.717) is 30.2 Å². The number of thioether (sulfide) groups is 1. The Morgan fingerprint density at radius 1 is 1.27 bits per heavy atom. The monoisotopic (exact) mass is 502 g/mol. The van der Waals surface area contributed by atoms with Crippen LogP contribution in [0, 0.1) is 0 Å². The van der Waals surface area contributed by atoms with Crippen LogP contribution >= 0.6 is 24.0 Å². The number of anilines is 1. The van der Waals surface area contributed by atoms with Gasteiger partial charge in [-0.1, -0.05) is 30.0 Å². The smallest absolute Gasteiger partial charge is 0.267 e. The summed E-state index contributed by atoms with van der Waals surface area (Å²) in [7, 11) is -3.19. The van der Waals surface area contributed by atoms with Crippen LogP contribution < -0.4 is 10.9 Å². The molecule has 3 aromatic rings. The number of fused-ring (bicyclic) bond motifs is 1. The Kier molecular flexibility index (Phi) is 5.59. The van der Waals surface area contributed by atoms with E-state index >= 15 is 0 Å². The second kappa shape index (κ2) is 8.43. The van der Waals surface area contributed by atoms with E-state index in [0.717, 1.165) is 11.8 Å². The van der Waals surface area contributed by atoms with Crippen molar-refractivity contribution in [2.24, 2.45) is 0 Å². The van der Waals surface area contributed by atoms with Gasteiger partial charge < -0.3 is 9.73 Å². The van der Waals surface area contributed by atoms with E-state index in [-0.39, 0.29) is 31.9 Å². The number of hydrogen-bond donors (Lipinski definition) is 1. The molecular formula is C21H18N4O5S3. The van der Waals surface area contributed by atoms with Gasteiger partial charge >= 0.3 is 0 Å². The molecule has 170 valence electrons. The summed E-state index contributed by atoms with van der Waals surface area (Å²) >= 11 is 6.43. The van der Waals surface area contributed by atoms with Crippen molar-refractivity contribution in [1.29, 1.82) is 0 Å². The number of nitrogens with zero attached hydrogens (tertiary/aromatic N) is 3. The normalized spacial score (nSPS) is 21.4. The van der Waals surface area contributed by atoms with E-state index in [1.54, 1.807) is 42.8 Å². The van der Waals surface area contributed by atoms with Gasteiger partial charge in [-0.2, -0.15) is 0 Å². The molecule has 0 radical (unpaired) electrons. The van der Waals surface area contributed by atoms with Crippen LogP contribution in [0.25, 0.3) is 11.7 Å². The van der Waals surface area contributed by atoms with Gasteiger partial charge in [0.15, 0.2) is 9.84 Å². The molecule has 0 spiro atoms. The molecule has 0 saturated carbocycles. The Morgan fingerprint density at radius 3 is 2.85 bits per heavy atom. The van der Waals surface area contributed by atoms with Crippen LogP contribution in [0.3, 0.4) is 0 Å². The zero-order chi connectivity index (χ0) is 23.2. The molecule has 2 aliphatic heterocycles. The first kappa shape index (κ1) is 21.9. The summed E-state index contributed by atoms with van der Waals surface area (Å²) in [5, 5.41) is 3.12. The van der Waals surface area contributed by atoms with Crippen LogP contribution in [0.4, 0.5) is 5.82 Å². The van der Waals surface area contributed by atoms with E-state index < -0.39 is 21.8 Å². The van der Waals surface area contributed by atoms with Crippen molar-refractivity contribution >= 4 is 61.6 Å². The molecule has 1 unspecified atom stereocenters. The lowest BCUT2D eigenvalue weighted by Crippen LogP contribution is -2.39. The van der Waals surface area contributed by atoms with Gasteiger partial charge in [-0.3, -0.25) is 18.9 Å². The number of nitrogens with one attached hydrogen (secondary N) is 1. The zero-order valence-electron chi connectivity index (χ0n) is 17.1. The maximum Gasteiger partial charge on any atom is 0.267 e. The van der Waals surface area contributed by atoms with E-state index in [1.807, 2.05) is 0 Å². The van der Waals surface area contributed by atoms with E-state index in [2.05, 4.69) is 10.3 Å². The van der Waals surface area contributed by atoms with Crippen molar-refractivity contribution in [2.45, 2.75) is 19.0 Å². The molecule has 2 fully saturated rings. The number of amides is 1. The summed E-state index contributed by atoms with van der Waals surface area (Å²) in [5.74, 6) is 0.482. The number of carbonyl (C=O) groups is 1. The third-order valence-corrected chi connectivity index (χ3v) is 8.53. The summed E-state index contributed by atoms with van der Waals surface area (Å²) in [4.78, 5) is 32.6. The molecule has 2 aliphatic rings. The third kappa shape index (κ3) is 4.21. The van der Waals surface area contributed by atoms with E-state index in [1.165, 1.54) is 15.4 Å². The third-order valence-electron chi connectivity index (χ3n) is 5.45. The number of carbonyl (C=O) groups excluding carboxylic acids is 1. The van der Waals surface area contributed by atoms with E-state index in [4.69, 9.17) is 16.6 Å².